The van der Waals surface area contributed by atoms with Gasteiger partial charge in [-0.15, -0.1) is 0 Å². The van der Waals surface area contributed by atoms with E-state index in [2.05, 4.69) is 44.8 Å². The Hall–Kier alpha value is -4.78. The number of aromatic hydroxyl groups is 2. The molecule has 8 aromatic carbocycles. The van der Waals surface area contributed by atoms with E-state index in [1.165, 1.54) is 43.7 Å². The van der Waals surface area contributed by atoms with E-state index in [9.17, 15) is 53.4 Å². The second kappa shape index (κ2) is 17.7. The highest BCUT2D eigenvalue weighted by atomic mass is 32.2. The summed E-state index contributed by atoms with van der Waals surface area (Å²) in [4.78, 5) is 0. The number of fused-ring (bicyclic) bond motifs is 4. The van der Waals surface area contributed by atoms with Crippen LogP contribution in [-0.2, 0) is 20.2 Å². The topological polar surface area (TPSA) is 127 Å². The predicted molar refractivity (Wildman–Crippen MR) is 285 cm³/mol. The van der Waals surface area contributed by atoms with Crippen molar-refractivity contribution < 1.29 is 61.8 Å². The molecule has 8 rings (SSSR count). The highest BCUT2D eigenvalue weighted by Gasteiger charge is 2.50. The minimum absolute atomic E-state index is 0.158. The molecule has 24 heteroatoms. The van der Waals surface area contributed by atoms with Crippen molar-refractivity contribution in [2.24, 2.45) is 0 Å². The van der Waals surface area contributed by atoms with Crippen LogP contribution < -0.4 is 49.9 Å². The van der Waals surface area contributed by atoms with Gasteiger partial charge in [0.05, 0.1) is 0 Å². The Morgan fingerprint density at radius 2 is 0.606 bits per heavy atom. The fourth-order valence-corrected chi connectivity index (χ4v) is 13.7. The minimum atomic E-state index is -6.22. The molecule has 66 heavy (non-hydrogen) atoms. The molecule has 0 aliphatic heterocycles. The van der Waals surface area contributed by atoms with E-state index in [1.807, 2.05) is 12.1 Å². The Labute approximate surface area is 399 Å². The maximum Gasteiger partial charge on any atom is 0.534 e. The van der Waals surface area contributed by atoms with Crippen LogP contribution in [-0.4, -0.2) is 120 Å². The third-order valence-electron chi connectivity index (χ3n) is 11.3. The number of phenols is 2. The van der Waals surface area contributed by atoms with Gasteiger partial charge in [0.2, 0.25) is 0 Å². The van der Waals surface area contributed by atoms with Crippen molar-refractivity contribution in [1.82, 2.24) is 0 Å². The molecular formula is C42H42F6O8S2Si8. The van der Waals surface area contributed by atoms with Gasteiger partial charge in [0.15, 0.2) is 11.5 Å². The van der Waals surface area contributed by atoms with E-state index in [-0.39, 0.29) is 53.9 Å². The maximum atomic E-state index is 13.4. The fraction of sp³-hybridized carbons (Fsp3) is 0.0476. The number of alkyl halides is 6. The molecule has 0 saturated carbocycles. The highest BCUT2D eigenvalue weighted by molar-refractivity contribution is 7.88. The molecule has 0 bridgehead atoms. The van der Waals surface area contributed by atoms with Crippen molar-refractivity contribution in [3.05, 3.63) is 97.1 Å². The molecule has 344 valence electrons. The minimum Gasteiger partial charge on any atom is -0.507 e. The lowest BCUT2D eigenvalue weighted by Gasteiger charge is -2.22. The summed E-state index contributed by atoms with van der Waals surface area (Å²) in [6.45, 7) is 0. The van der Waals surface area contributed by atoms with E-state index in [1.54, 1.807) is 24.3 Å². The molecule has 0 atom stereocenters. The fourth-order valence-electron chi connectivity index (χ4n) is 8.26. The third-order valence-corrected chi connectivity index (χ3v) is 19.1. The Balaban J connectivity index is 0.000000214. The SMILES string of the molecule is O=S(=O)(Oc1cc([SiH3])c2cc([SiH3])ccc2c1-c1c(OS(=O)(=O)C(F)(F)F)cc([SiH3])c2cc([SiH3])ccc12)C(F)(F)F.Oc1cc([SiH3])c2cc([SiH3])ccc2c1-c1c(O)cc([SiH3])c2cc([SiH3])ccc12. The number of rotatable bonds is 6. The zero-order valence-corrected chi connectivity index (χ0v) is 54.3. The molecule has 0 heterocycles. The first-order chi connectivity index (χ1) is 30.6. The molecule has 0 spiro atoms. The van der Waals surface area contributed by atoms with Gasteiger partial charge >= 0.3 is 31.3 Å². The lowest BCUT2D eigenvalue weighted by Crippen LogP contribution is -2.29. The van der Waals surface area contributed by atoms with Gasteiger partial charge in [0, 0.05) is 104 Å². The largest absolute Gasteiger partial charge is 0.534 e. The zero-order valence-electron chi connectivity index (χ0n) is 36.7. The van der Waals surface area contributed by atoms with Crippen LogP contribution >= 0.6 is 0 Å². The van der Waals surface area contributed by atoms with E-state index >= 15 is 0 Å². The summed E-state index contributed by atoms with van der Waals surface area (Å²) in [6, 6.07) is 28.6. The van der Waals surface area contributed by atoms with Gasteiger partial charge in [0.25, 0.3) is 0 Å². The molecular weight excluding hydrogens is 1040 g/mol. The van der Waals surface area contributed by atoms with Gasteiger partial charge in [-0.1, -0.05) is 114 Å². The Bertz CT molecular complexity index is 3340. The molecule has 0 aromatic heterocycles. The van der Waals surface area contributed by atoms with Gasteiger partial charge in [-0.05, 0) is 67.4 Å². The van der Waals surface area contributed by atoms with E-state index in [0.29, 0.717) is 41.6 Å². The standard InChI is InChI=1S/C22H20F6O6S2Si4.C20H22O2Si4/c23-21(24,25)35(29,30)33-15-7-17(39)13-5-9(37)1-3-11(13)19(15)20-12-4-2-10(38)6-14(12)18(40)8-16(20)34-36(31,32)22(26,27)28;21-15-7-17(25)13-5-9(23)1-3-11(13)19(15)20-12-4-2-10(24)6-14(12)18(26)8-16(20)22/h1-8H,37-40H3;1-8,21-22H,23-26H3. The number of hydrogen-bond donors (Lipinski definition) is 2. The summed E-state index contributed by atoms with van der Waals surface area (Å²) in [7, 11) is -7.04. The van der Waals surface area contributed by atoms with Crippen LogP contribution in [0.4, 0.5) is 26.3 Å². The van der Waals surface area contributed by atoms with E-state index in [0.717, 1.165) is 85.4 Å². The van der Waals surface area contributed by atoms with Gasteiger partial charge in [-0.25, -0.2) is 0 Å². The normalized spacial score (nSPS) is 12.8. The van der Waals surface area contributed by atoms with Crippen molar-refractivity contribution in [3.8, 4) is 45.3 Å². The van der Waals surface area contributed by atoms with Crippen molar-refractivity contribution in [1.29, 1.82) is 0 Å². The molecule has 0 radical (unpaired) electrons. The lowest BCUT2D eigenvalue weighted by atomic mass is 9.92. The van der Waals surface area contributed by atoms with Crippen LogP contribution in [0.25, 0.3) is 65.3 Å². The number of phenolic OH excluding ortho intramolecular Hbond substituents is 2. The van der Waals surface area contributed by atoms with E-state index in [4.69, 9.17) is 0 Å². The van der Waals surface area contributed by atoms with Crippen LogP contribution in [0.5, 0.6) is 23.0 Å². The second-order valence-electron chi connectivity index (χ2n) is 16.5. The number of benzene rings is 8. The number of hydrogen-bond acceptors (Lipinski definition) is 8. The van der Waals surface area contributed by atoms with Crippen molar-refractivity contribution in [2.45, 2.75) is 11.0 Å². The maximum absolute atomic E-state index is 13.4. The third kappa shape index (κ3) is 9.26. The smallest absolute Gasteiger partial charge is 0.507 e. The zero-order chi connectivity index (χ0) is 48.6. The average Bonchev–Trinajstić information content (AvgIpc) is 3.20. The Morgan fingerprint density at radius 3 is 0.864 bits per heavy atom. The summed E-state index contributed by atoms with van der Waals surface area (Å²) in [5, 5.41) is 35.3. The molecule has 0 saturated heterocycles. The van der Waals surface area contributed by atoms with Gasteiger partial charge < -0.3 is 18.6 Å². The average molecular weight is 1080 g/mol. The van der Waals surface area contributed by atoms with Crippen molar-refractivity contribution in [3.63, 3.8) is 0 Å². The predicted octanol–water partition coefficient (Wildman–Crippen LogP) is -4.89. The quantitative estimate of drug-likeness (QED) is 0.0736. The summed E-state index contributed by atoms with van der Waals surface area (Å²) in [5.74, 6) is -1.11. The van der Waals surface area contributed by atoms with Crippen molar-refractivity contribution >= 4 is 187 Å². The van der Waals surface area contributed by atoms with E-state index < -0.39 is 42.8 Å². The molecule has 8 aromatic rings. The Morgan fingerprint density at radius 1 is 0.364 bits per heavy atom. The van der Waals surface area contributed by atoms with Gasteiger partial charge in [-0.3, -0.25) is 0 Å². The summed E-state index contributed by atoms with van der Waals surface area (Å²) >= 11 is 0. The first kappa shape index (κ1) is 49.1. The first-order valence-electron chi connectivity index (χ1n) is 20.2. The van der Waals surface area contributed by atoms with Crippen LogP contribution in [0.2, 0.25) is 0 Å². The van der Waals surface area contributed by atoms with Gasteiger partial charge in [-0.2, -0.15) is 43.2 Å². The Kier molecular flexibility index (Phi) is 13.2. The number of halogens is 6. The molecule has 0 aliphatic rings. The summed E-state index contributed by atoms with van der Waals surface area (Å²) in [6.07, 6.45) is 0. The molecule has 0 fully saturated rings. The molecule has 0 amide bonds. The van der Waals surface area contributed by atoms with Crippen LogP contribution in [0.1, 0.15) is 0 Å². The monoisotopic (exact) mass is 1080 g/mol. The van der Waals surface area contributed by atoms with Crippen LogP contribution in [0.3, 0.4) is 0 Å². The summed E-state index contributed by atoms with van der Waals surface area (Å²) in [5.41, 5.74) is -10.8. The van der Waals surface area contributed by atoms with Crippen LogP contribution in [0, 0.1) is 0 Å². The molecule has 2 N–H and O–H groups in total. The first-order valence-corrected chi connectivity index (χ1v) is 31.0. The van der Waals surface area contributed by atoms with Gasteiger partial charge in [0.1, 0.15) is 11.5 Å². The molecule has 8 nitrogen and oxygen atoms in total. The lowest BCUT2D eigenvalue weighted by molar-refractivity contribution is -0.0505. The second-order valence-corrected chi connectivity index (χ2v) is 28.5. The molecule has 0 aliphatic carbocycles. The van der Waals surface area contributed by atoms with Crippen LogP contribution in [0.15, 0.2) is 97.1 Å². The summed E-state index contributed by atoms with van der Waals surface area (Å²) < 4.78 is 138. The molecule has 0 unspecified atom stereocenters. The van der Waals surface area contributed by atoms with Crippen molar-refractivity contribution in [2.75, 3.05) is 0 Å². The highest BCUT2D eigenvalue weighted by Crippen LogP contribution is 2.47.